The molecule has 0 amide bonds. The molecule has 0 fully saturated rings. The lowest BCUT2D eigenvalue weighted by Crippen LogP contribution is -2.14. The smallest absolute Gasteiger partial charge is 0.265 e. The van der Waals surface area contributed by atoms with Crippen LogP contribution in [0.25, 0.3) is 0 Å². The zero-order chi connectivity index (χ0) is 14.8. The molecule has 0 unspecified atom stereocenters. The van der Waals surface area contributed by atoms with Gasteiger partial charge in [0.1, 0.15) is 4.90 Å². The van der Waals surface area contributed by atoms with Gasteiger partial charge in [-0.3, -0.25) is 9.82 Å². The van der Waals surface area contributed by atoms with Crippen molar-refractivity contribution in [3.8, 4) is 0 Å². The fourth-order valence-corrected chi connectivity index (χ4v) is 3.08. The zero-order valence-corrected chi connectivity index (χ0v) is 12.4. The van der Waals surface area contributed by atoms with Gasteiger partial charge in [-0.05, 0) is 24.6 Å². The van der Waals surface area contributed by atoms with E-state index in [1.54, 1.807) is 31.2 Å². The Morgan fingerprint density at radius 2 is 2.05 bits per heavy atom. The molecular formula is C12H14N4O2S2. The minimum absolute atomic E-state index is 0.129. The number of benzene rings is 1. The molecular weight excluding hydrogens is 296 g/mol. The van der Waals surface area contributed by atoms with Gasteiger partial charge < -0.3 is 5.73 Å². The van der Waals surface area contributed by atoms with E-state index < -0.39 is 10.0 Å². The highest BCUT2D eigenvalue weighted by molar-refractivity contribution is 7.92. The molecule has 2 aromatic rings. The van der Waals surface area contributed by atoms with E-state index >= 15 is 0 Å². The molecule has 6 nitrogen and oxygen atoms in total. The lowest BCUT2D eigenvalue weighted by atomic mass is 10.1. The van der Waals surface area contributed by atoms with Crippen LogP contribution in [-0.2, 0) is 16.4 Å². The normalized spacial score (nSPS) is 11.2. The van der Waals surface area contributed by atoms with Gasteiger partial charge in [-0.15, -0.1) is 0 Å². The molecule has 1 aromatic carbocycles. The van der Waals surface area contributed by atoms with Gasteiger partial charge in [0.2, 0.25) is 0 Å². The summed E-state index contributed by atoms with van der Waals surface area (Å²) in [5.74, 6) is 0. The Hall–Kier alpha value is -1.93. The maximum atomic E-state index is 12.1. The number of nitrogens with two attached hydrogens (primary N) is 1. The van der Waals surface area contributed by atoms with Crippen LogP contribution in [-0.4, -0.2) is 23.6 Å². The second-order valence-corrected chi connectivity index (χ2v) is 6.48. The molecule has 4 N–H and O–H groups in total. The summed E-state index contributed by atoms with van der Waals surface area (Å²) in [4.78, 5) is 0.525. The van der Waals surface area contributed by atoms with Crippen molar-refractivity contribution in [1.29, 1.82) is 0 Å². The fourth-order valence-electron chi connectivity index (χ4n) is 1.71. The van der Waals surface area contributed by atoms with E-state index in [1.165, 1.54) is 6.20 Å². The highest BCUT2D eigenvalue weighted by Crippen LogP contribution is 2.18. The SMILES string of the molecule is Cc1[nH]ncc1S(=O)(=O)Nc1ccc(CC(N)=S)cc1. The second kappa shape index (κ2) is 5.59. The van der Waals surface area contributed by atoms with Gasteiger partial charge in [0.15, 0.2) is 0 Å². The van der Waals surface area contributed by atoms with Gasteiger partial charge in [0.25, 0.3) is 10.0 Å². The summed E-state index contributed by atoms with van der Waals surface area (Å²) in [5.41, 5.74) is 7.34. The van der Waals surface area contributed by atoms with Crippen LogP contribution in [0.4, 0.5) is 5.69 Å². The highest BCUT2D eigenvalue weighted by atomic mass is 32.2. The number of nitrogens with zero attached hydrogens (tertiary/aromatic N) is 1. The molecule has 2 rings (SSSR count). The van der Waals surface area contributed by atoms with E-state index in [-0.39, 0.29) is 4.90 Å². The van der Waals surface area contributed by atoms with E-state index in [0.717, 1.165) is 5.56 Å². The Morgan fingerprint density at radius 3 is 2.55 bits per heavy atom. The maximum Gasteiger partial charge on any atom is 0.265 e. The quantitative estimate of drug-likeness (QED) is 0.724. The van der Waals surface area contributed by atoms with Crippen molar-refractivity contribution < 1.29 is 8.42 Å². The van der Waals surface area contributed by atoms with Crippen molar-refractivity contribution in [2.75, 3.05) is 4.72 Å². The predicted molar refractivity (Wildman–Crippen MR) is 81.1 cm³/mol. The standard InChI is InChI=1S/C12H14N4O2S2/c1-8-11(7-14-15-8)20(17,18)16-10-4-2-9(3-5-10)6-12(13)19/h2-5,7,16H,6H2,1H3,(H2,13,19)(H,14,15). The van der Waals surface area contributed by atoms with Crippen LogP contribution in [0.2, 0.25) is 0 Å². The fraction of sp³-hybridized carbons (Fsp3) is 0.167. The van der Waals surface area contributed by atoms with Gasteiger partial charge in [-0.1, -0.05) is 24.4 Å². The van der Waals surface area contributed by atoms with E-state index in [4.69, 9.17) is 18.0 Å². The van der Waals surface area contributed by atoms with Crippen molar-refractivity contribution >= 4 is 32.9 Å². The van der Waals surface area contributed by atoms with Crippen molar-refractivity contribution in [3.63, 3.8) is 0 Å². The summed E-state index contributed by atoms with van der Waals surface area (Å²) in [6.45, 7) is 1.65. The summed E-state index contributed by atoms with van der Waals surface area (Å²) in [7, 11) is -3.63. The number of aromatic nitrogens is 2. The number of sulfonamides is 1. The number of hydrogen-bond donors (Lipinski definition) is 3. The maximum absolute atomic E-state index is 12.1. The van der Waals surface area contributed by atoms with Crippen molar-refractivity contribution in [3.05, 3.63) is 41.7 Å². The first-order chi connectivity index (χ1) is 9.38. The van der Waals surface area contributed by atoms with E-state index in [1.807, 2.05) is 0 Å². The molecule has 0 atom stereocenters. The summed E-state index contributed by atoms with van der Waals surface area (Å²) in [6, 6.07) is 6.89. The van der Waals surface area contributed by atoms with Crippen molar-refractivity contribution in [2.24, 2.45) is 5.73 Å². The monoisotopic (exact) mass is 310 g/mol. The third-order valence-corrected chi connectivity index (χ3v) is 4.30. The lowest BCUT2D eigenvalue weighted by Gasteiger charge is -2.08. The number of nitrogens with one attached hydrogen (secondary N) is 2. The van der Waals surface area contributed by atoms with Crippen molar-refractivity contribution in [2.45, 2.75) is 18.2 Å². The van der Waals surface area contributed by atoms with Crippen molar-refractivity contribution in [1.82, 2.24) is 10.2 Å². The van der Waals surface area contributed by atoms with Crippen LogP contribution >= 0.6 is 12.2 Å². The molecule has 8 heteroatoms. The topological polar surface area (TPSA) is 101 Å². The van der Waals surface area contributed by atoms with Crippen LogP contribution in [0.5, 0.6) is 0 Å². The second-order valence-electron chi connectivity index (χ2n) is 4.30. The van der Waals surface area contributed by atoms with Gasteiger partial charge >= 0.3 is 0 Å². The number of aryl methyl sites for hydroxylation is 1. The molecule has 0 aliphatic rings. The predicted octanol–water partition coefficient (Wildman–Crippen LogP) is 1.35. The number of thiocarbonyl (C=S) groups is 1. The van der Waals surface area contributed by atoms with Crippen LogP contribution in [0.3, 0.4) is 0 Å². The molecule has 0 bridgehead atoms. The summed E-state index contributed by atoms with van der Waals surface area (Å²) in [6.07, 6.45) is 1.77. The van der Waals surface area contributed by atoms with Crippen LogP contribution in [0.1, 0.15) is 11.3 Å². The molecule has 0 saturated heterocycles. The number of aromatic amines is 1. The van der Waals surface area contributed by atoms with E-state index in [2.05, 4.69) is 14.9 Å². The largest absolute Gasteiger partial charge is 0.393 e. The first-order valence-corrected chi connectivity index (χ1v) is 7.67. The van der Waals surface area contributed by atoms with Gasteiger partial charge in [0, 0.05) is 12.1 Å². The number of anilines is 1. The number of H-pyrrole nitrogens is 1. The Morgan fingerprint density at radius 1 is 1.40 bits per heavy atom. The Bertz CT molecular complexity index is 720. The first-order valence-electron chi connectivity index (χ1n) is 5.78. The molecule has 1 aromatic heterocycles. The Labute approximate surface area is 122 Å². The summed E-state index contributed by atoms with van der Waals surface area (Å²) < 4.78 is 26.8. The molecule has 20 heavy (non-hydrogen) atoms. The number of hydrogen-bond acceptors (Lipinski definition) is 4. The Kier molecular flexibility index (Phi) is 4.05. The third-order valence-electron chi connectivity index (χ3n) is 2.66. The lowest BCUT2D eigenvalue weighted by molar-refractivity contribution is 0.600. The summed E-state index contributed by atoms with van der Waals surface area (Å²) >= 11 is 4.82. The average molecular weight is 310 g/mol. The minimum atomic E-state index is -3.63. The van der Waals surface area contributed by atoms with Gasteiger partial charge in [-0.25, -0.2) is 8.42 Å². The highest BCUT2D eigenvalue weighted by Gasteiger charge is 2.18. The minimum Gasteiger partial charge on any atom is -0.393 e. The number of rotatable bonds is 5. The van der Waals surface area contributed by atoms with Crippen LogP contribution < -0.4 is 10.5 Å². The molecule has 106 valence electrons. The van der Waals surface area contributed by atoms with Crippen LogP contribution in [0, 0.1) is 6.92 Å². The van der Waals surface area contributed by atoms with E-state index in [0.29, 0.717) is 22.8 Å². The molecule has 0 spiro atoms. The Balaban J connectivity index is 2.18. The first kappa shape index (κ1) is 14.5. The summed E-state index contributed by atoms with van der Waals surface area (Å²) in [5, 5.41) is 6.30. The van der Waals surface area contributed by atoms with Gasteiger partial charge in [-0.2, -0.15) is 5.10 Å². The molecule has 0 aliphatic heterocycles. The zero-order valence-electron chi connectivity index (χ0n) is 10.8. The molecule has 0 radical (unpaired) electrons. The average Bonchev–Trinajstić information content (AvgIpc) is 2.78. The molecule has 0 saturated carbocycles. The van der Waals surface area contributed by atoms with Crippen LogP contribution in [0.15, 0.2) is 35.4 Å². The van der Waals surface area contributed by atoms with Gasteiger partial charge in [0.05, 0.1) is 16.9 Å². The third kappa shape index (κ3) is 3.34. The molecule has 1 heterocycles. The molecule has 0 aliphatic carbocycles. The van der Waals surface area contributed by atoms with E-state index in [9.17, 15) is 8.42 Å².